The Kier molecular flexibility index (Phi) is 4.81. The van der Waals surface area contributed by atoms with Crippen molar-refractivity contribution in [3.63, 3.8) is 0 Å². The predicted octanol–water partition coefficient (Wildman–Crippen LogP) is 2.62. The molecular formula is C14H23N3O. The number of aliphatic hydroxyl groups excluding tert-OH is 1. The van der Waals surface area contributed by atoms with E-state index in [1.165, 1.54) is 6.42 Å². The minimum Gasteiger partial charge on any atom is -0.391 e. The van der Waals surface area contributed by atoms with E-state index in [1.54, 1.807) is 0 Å². The molecule has 2 rings (SSSR count). The normalized spacial score (nSPS) is 23.7. The number of hydrogen-bond acceptors (Lipinski definition) is 4. The Morgan fingerprint density at radius 1 is 1.28 bits per heavy atom. The average Bonchev–Trinajstić information content (AvgIpc) is 2.40. The lowest BCUT2D eigenvalue weighted by molar-refractivity contribution is 0.116. The van der Waals surface area contributed by atoms with Crippen molar-refractivity contribution in [2.24, 2.45) is 0 Å². The van der Waals surface area contributed by atoms with Crippen molar-refractivity contribution < 1.29 is 5.11 Å². The van der Waals surface area contributed by atoms with Crippen LogP contribution >= 0.6 is 0 Å². The first-order valence-corrected chi connectivity index (χ1v) is 6.93. The molecule has 0 amide bonds. The zero-order valence-corrected chi connectivity index (χ0v) is 11.0. The molecule has 4 nitrogen and oxygen atoms in total. The molecule has 0 aromatic carbocycles. The van der Waals surface area contributed by atoms with Crippen molar-refractivity contribution in [2.45, 2.75) is 51.2 Å². The fourth-order valence-corrected chi connectivity index (χ4v) is 2.38. The van der Waals surface area contributed by atoms with Gasteiger partial charge in [0, 0.05) is 6.54 Å². The fourth-order valence-electron chi connectivity index (χ4n) is 2.38. The largest absolute Gasteiger partial charge is 0.391 e. The maximum absolute atomic E-state index is 9.94. The Labute approximate surface area is 109 Å². The van der Waals surface area contributed by atoms with E-state index in [0.717, 1.165) is 43.6 Å². The summed E-state index contributed by atoms with van der Waals surface area (Å²) in [4.78, 5) is 4.22. The second-order valence-corrected chi connectivity index (χ2v) is 4.99. The van der Waals surface area contributed by atoms with E-state index in [4.69, 9.17) is 0 Å². The van der Waals surface area contributed by atoms with Gasteiger partial charge in [0.25, 0.3) is 0 Å². The summed E-state index contributed by atoms with van der Waals surface area (Å²) in [5, 5.41) is 16.7. The number of hydrogen-bond donors (Lipinski definition) is 3. The zero-order valence-electron chi connectivity index (χ0n) is 11.0. The Balaban J connectivity index is 1.95. The molecule has 0 radical (unpaired) electrons. The van der Waals surface area contributed by atoms with Crippen LogP contribution in [-0.4, -0.2) is 28.8 Å². The summed E-state index contributed by atoms with van der Waals surface area (Å²) in [5.41, 5.74) is 2.02. The lowest BCUT2D eigenvalue weighted by Gasteiger charge is -2.29. The second kappa shape index (κ2) is 6.59. The molecule has 4 heteroatoms. The summed E-state index contributed by atoms with van der Waals surface area (Å²) in [6, 6.07) is 2.23. The van der Waals surface area contributed by atoms with Crippen LogP contribution in [0.25, 0.3) is 0 Å². The van der Waals surface area contributed by atoms with Gasteiger partial charge in [0.15, 0.2) is 0 Å². The van der Waals surface area contributed by atoms with Gasteiger partial charge in [-0.1, -0.05) is 19.8 Å². The van der Waals surface area contributed by atoms with Gasteiger partial charge in [-0.3, -0.25) is 4.98 Å². The molecule has 0 aliphatic heterocycles. The highest BCUT2D eigenvalue weighted by Crippen LogP contribution is 2.23. The van der Waals surface area contributed by atoms with Gasteiger partial charge in [-0.05, 0) is 25.3 Å². The van der Waals surface area contributed by atoms with Gasteiger partial charge in [0.1, 0.15) is 0 Å². The Morgan fingerprint density at radius 3 is 2.83 bits per heavy atom. The molecule has 1 aromatic heterocycles. The number of pyridine rings is 1. The highest BCUT2D eigenvalue weighted by atomic mass is 16.3. The van der Waals surface area contributed by atoms with Crippen LogP contribution in [0.4, 0.5) is 11.4 Å². The van der Waals surface area contributed by atoms with Gasteiger partial charge in [-0.2, -0.15) is 0 Å². The molecule has 1 heterocycles. The van der Waals surface area contributed by atoms with Crippen LogP contribution in [0.1, 0.15) is 39.0 Å². The van der Waals surface area contributed by atoms with Crippen molar-refractivity contribution in [1.29, 1.82) is 0 Å². The molecule has 1 aliphatic carbocycles. The number of nitrogens with one attached hydrogen (secondary N) is 2. The summed E-state index contributed by atoms with van der Waals surface area (Å²) in [7, 11) is 0. The number of nitrogens with zero attached hydrogens (tertiary/aromatic N) is 1. The molecule has 0 saturated heterocycles. The van der Waals surface area contributed by atoms with Crippen LogP contribution in [0.3, 0.4) is 0 Å². The summed E-state index contributed by atoms with van der Waals surface area (Å²) in [6.07, 6.45) is 8.78. The van der Waals surface area contributed by atoms with Crippen LogP contribution < -0.4 is 10.6 Å². The van der Waals surface area contributed by atoms with E-state index in [1.807, 2.05) is 12.4 Å². The quantitative estimate of drug-likeness (QED) is 0.751. The third-order valence-corrected chi connectivity index (χ3v) is 3.40. The van der Waals surface area contributed by atoms with Crippen molar-refractivity contribution in [3.8, 4) is 0 Å². The van der Waals surface area contributed by atoms with Crippen LogP contribution in [0.2, 0.25) is 0 Å². The molecule has 100 valence electrons. The first-order valence-electron chi connectivity index (χ1n) is 6.93. The monoisotopic (exact) mass is 249 g/mol. The van der Waals surface area contributed by atoms with E-state index in [2.05, 4.69) is 28.6 Å². The predicted molar refractivity (Wildman–Crippen MR) is 74.9 cm³/mol. The Hall–Kier alpha value is -1.29. The van der Waals surface area contributed by atoms with Gasteiger partial charge >= 0.3 is 0 Å². The van der Waals surface area contributed by atoms with E-state index in [9.17, 15) is 5.11 Å². The molecular weight excluding hydrogens is 226 g/mol. The molecule has 0 spiro atoms. The van der Waals surface area contributed by atoms with Crippen LogP contribution in [0.15, 0.2) is 18.5 Å². The summed E-state index contributed by atoms with van der Waals surface area (Å²) < 4.78 is 0. The maximum Gasteiger partial charge on any atom is 0.0741 e. The number of anilines is 2. The van der Waals surface area contributed by atoms with Gasteiger partial charge in [-0.15, -0.1) is 0 Å². The summed E-state index contributed by atoms with van der Waals surface area (Å²) in [5.74, 6) is 0. The van der Waals surface area contributed by atoms with Gasteiger partial charge < -0.3 is 15.7 Å². The lowest BCUT2D eigenvalue weighted by Crippen LogP contribution is -2.36. The number of rotatable bonds is 5. The number of aliphatic hydroxyl groups is 1. The third kappa shape index (κ3) is 3.60. The van der Waals surface area contributed by atoms with Crippen LogP contribution in [-0.2, 0) is 0 Å². The highest BCUT2D eigenvalue weighted by Gasteiger charge is 2.22. The zero-order chi connectivity index (χ0) is 12.8. The van der Waals surface area contributed by atoms with Gasteiger partial charge in [0.2, 0.25) is 0 Å². The lowest BCUT2D eigenvalue weighted by atomic mass is 9.92. The number of aromatic nitrogens is 1. The van der Waals surface area contributed by atoms with Gasteiger partial charge in [0.05, 0.1) is 35.9 Å². The van der Waals surface area contributed by atoms with Crippen molar-refractivity contribution in [1.82, 2.24) is 4.98 Å². The van der Waals surface area contributed by atoms with E-state index < -0.39 is 0 Å². The SMILES string of the molecule is CCCNc1cncc(NC2CCCCC2O)c1. The molecule has 2 unspecified atom stereocenters. The van der Waals surface area contributed by atoms with Crippen LogP contribution in [0.5, 0.6) is 0 Å². The average molecular weight is 249 g/mol. The second-order valence-electron chi connectivity index (χ2n) is 4.99. The smallest absolute Gasteiger partial charge is 0.0741 e. The third-order valence-electron chi connectivity index (χ3n) is 3.40. The van der Waals surface area contributed by atoms with Crippen molar-refractivity contribution in [3.05, 3.63) is 18.5 Å². The standard InChI is InChI=1S/C14H23N3O/c1-2-7-16-11-8-12(10-15-9-11)17-13-5-3-4-6-14(13)18/h8-10,13-14,16-18H,2-7H2,1H3. The van der Waals surface area contributed by atoms with Crippen molar-refractivity contribution >= 4 is 11.4 Å². The molecule has 0 bridgehead atoms. The fraction of sp³-hybridized carbons (Fsp3) is 0.643. The topological polar surface area (TPSA) is 57.2 Å². The highest BCUT2D eigenvalue weighted by molar-refractivity contribution is 5.54. The van der Waals surface area contributed by atoms with E-state index in [-0.39, 0.29) is 12.1 Å². The molecule has 2 atom stereocenters. The molecule has 1 aromatic rings. The first kappa shape index (κ1) is 13.1. The first-order chi connectivity index (χ1) is 8.79. The Morgan fingerprint density at radius 2 is 2.06 bits per heavy atom. The van der Waals surface area contributed by atoms with Crippen molar-refractivity contribution in [2.75, 3.05) is 17.2 Å². The molecule has 1 aliphatic rings. The summed E-state index contributed by atoms with van der Waals surface area (Å²) in [6.45, 7) is 3.10. The minimum atomic E-state index is -0.231. The molecule has 1 saturated carbocycles. The van der Waals surface area contributed by atoms with E-state index >= 15 is 0 Å². The molecule has 1 fully saturated rings. The summed E-state index contributed by atoms with van der Waals surface area (Å²) >= 11 is 0. The van der Waals surface area contributed by atoms with Crippen LogP contribution in [0, 0.1) is 0 Å². The minimum absolute atomic E-state index is 0.168. The molecule has 18 heavy (non-hydrogen) atoms. The maximum atomic E-state index is 9.94. The van der Waals surface area contributed by atoms with Gasteiger partial charge in [-0.25, -0.2) is 0 Å². The molecule has 3 N–H and O–H groups in total. The Bertz CT molecular complexity index is 370. The van der Waals surface area contributed by atoms with E-state index in [0.29, 0.717) is 0 Å².